The Morgan fingerprint density at radius 2 is 1.85 bits per heavy atom. The van der Waals surface area contributed by atoms with Crippen molar-refractivity contribution in [1.29, 1.82) is 0 Å². The molecule has 0 atom stereocenters. The van der Waals surface area contributed by atoms with Crippen LogP contribution in [0.5, 0.6) is 0 Å². The number of hydrogen-bond acceptors (Lipinski definition) is 3. The van der Waals surface area contributed by atoms with E-state index >= 15 is 0 Å². The number of piperidine rings is 1. The highest BCUT2D eigenvalue weighted by Gasteiger charge is 2.33. The van der Waals surface area contributed by atoms with Gasteiger partial charge in [-0.05, 0) is 37.0 Å². The highest BCUT2D eigenvalue weighted by Crippen LogP contribution is 2.33. The lowest BCUT2D eigenvalue weighted by Gasteiger charge is -2.38. The molecule has 0 saturated carbocycles. The Morgan fingerprint density at radius 1 is 1.15 bits per heavy atom. The van der Waals surface area contributed by atoms with Gasteiger partial charge in [0.15, 0.2) is 0 Å². The molecular weight excluding hydrogens is 250 g/mol. The number of aliphatic hydroxyl groups is 1. The van der Waals surface area contributed by atoms with Gasteiger partial charge < -0.3 is 9.52 Å². The van der Waals surface area contributed by atoms with Gasteiger partial charge in [-0.1, -0.05) is 30.3 Å². The molecule has 1 aromatic heterocycles. The standard InChI is InChI=1S/C17H21NO2/c1-14-7-12-20-16(14)13-18-10-8-17(19,9-11-18)15-5-3-2-4-6-15/h2-7,12,19H,8-11,13H2,1H3. The Balaban J connectivity index is 1.64. The highest BCUT2D eigenvalue weighted by molar-refractivity contribution is 5.23. The number of likely N-dealkylation sites (tertiary alicyclic amines) is 1. The molecule has 2 heterocycles. The Bertz CT molecular complexity index is 553. The predicted octanol–water partition coefficient (Wildman–Crippen LogP) is 3.07. The Labute approximate surface area is 119 Å². The molecular formula is C17H21NO2. The van der Waals surface area contributed by atoms with Gasteiger partial charge in [-0.15, -0.1) is 0 Å². The molecule has 3 heteroatoms. The second-order valence-electron chi connectivity index (χ2n) is 5.70. The summed E-state index contributed by atoms with van der Waals surface area (Å²) in [6, 6.07) is 12.0. The first kappa shape index (κ1) is 13.4. The number of benzene rings is 1. The van der Waals surface area contributed by atoms with Crippen LogP contribution in [0, 0.1) is 6.92 Å². The van der Waals surface area contributed by atoms with Crippen molar-refractivity contribution in [3.63, 3.8) is 0 Å². The maximum Gasteiger partial charge on any atom is 0.120 e. The maximum atomic E-state index is 10.8. The van der Waals surface area contributed by atoms with Gasteiger partial charge in [0.2, 0.25) is 0 Å². The molecule has 1 aliphatic heterocycles. The number of aryl methyl sites for hydroxylation is 1. The predicted molar refractivity (Wildman–Crippen MR) is 78.3 cm³/mol. The van der Waals surface area contributed by atoms with Gasteiger partial charge in [-0.25, -0.2) is 0 Å². The number of nitrogens with zero attached hydrogens (tertiary/aromatic N) is 1. The average Bonchev–Trinajstić information content (AvgIpc) is 2.88. The van der Waals surface area contributed by atoms with Crippen molar-refractivity contribution in [3.05, 3.63) is 59.5 Å². The molecule has 1 aliphatic rings. The molecule has 0 aliphatic carbocycles. The van der Waals surface area contributed by atoms with Gasteiger partial charge in [-0.3, -0.25) is 4.90 Å². The third-order valence-electron chi connectivity index (χ3n) is 4.33. The minimum atomic E-state index is -0.671. The molecule has 0 radical (unpaired) electrons. The van der Waals surface area contributed by atoms with Crippen LogP contribution in [0.15, 0.2) is 47.1 Å². The third kappa shape index (κ3) is 2.65. The van der Waals surface area contributed by atoms with Crippen LogP contribution in [0.2, 0.25) is 0 Å². The van der Waals surface area contributed by atoms with Crippen molar-refractivity contribution in [2.75, 3.05) is 13.1 Å². The summed E-state index contributed by atoms with van der Waals surface area (Å²) in [4.78, 5) is 2.35. The average molecular weight is 271 g/mol. The lowest BCUT2D eigenvalue weighted by atomic mass is 9.84. The summed E-state index contributed by atoms with van der Waals surface area (Å²) < 4.78 is 5.50. The van der Waals surface area contributed by atoms with Gasteiger partial charge in [0, 0.05) is 13.1 Å². The summed E-state index contributed by atoms with van der Waals surface area (Å²) in [6.07, 6.45) is 3.29. The van der Waals surface area contributed by atoms with Gasteiger partial charge in [0.25, 0.3) is 0 Å². The Kier molecular flexibility index (Phi) is 3.64. The van der Waals surface area contributed by atoms with Crippen molar-refractivity contribution < 1.29 is 9.52 Å². The number of furan rings is 1. The zero-order valence-corrected chi connectivity index (χ0v) is 11.9. The molecule has 0 spiro atoms. The molecule has 20 heavy (non-hydrogen) atoms. The zero-order chi connectivity index (χ0) is 14.0. The van der Waals surface area contributed by atoms with Crippen LogP contribution >= 0.6 is 0 Å². The van der Waals surface area contributed by atoms with E-state index in [4.69, 9.17) is 4.42 Å². The molecule has 0 amide bonds. The summed E-state index contributed by atoms with van der Waals surface area (Å²) in [5.41, 5.74) is 1.57. The van der Waals surface area contributed by atoms with E-state index in [9.17, 15) is 5.11 Å². The largest absolute Gasteiger partial charge is 0.468 e. The van der Waals surface area contributed by atoms with Crippen LogP contribution in [-0.2, 0) is 12.1 Å². The fourth-order valence-electron chi connectivity index (χ4n) is 2.89. The lowest BCUT2D eigenvalue weighted by Crippen LogP contribution is -2.42. The first-order chi connectivity index (χ1) is 9.67. The summed E-state index contributed by atoms with van der Waals surface area (Å²) >= 11 is 0. The molecule has 0 bridgehead atoms. The van der Waals surface area contributed by atoms with Crippen molar-refractivity contribution in [1.82, 2.24) is 4.90 Å². The first-order valence-electron chi connectivity index (χ1n) is 7.21. The maximum absolute atomic E-state index is 10.8. The van der Waals surface area contributed by atoms with Gasteiger partial charge in [0.1, 0.15) is 5.76 Å². The zero-order valence-electron chi connectivity index (χ0n) is 11.9. The van der Waals surface area contributed by atoms with E-state index in [0.717, 1.165) is 43.8 Å². The fourth-order valence-corrected chi connectivity index (χ4v) is 2.89. The summed E-state index contributed by atoms with van der Waals surface area (Å²) in [5, 5.41) is 10.8. The number of rotatable bonds is 3. The van der Waals surface area contributed by atoms with E-state index in [2.05, 4.69) is 11.8 Å². The van der Waals surface area contributed by atoms with Crippen LogP contribution in [0.25, 0.3) is 0 Å². The second kappa shape index (κ2) is 5.43. The molecule has 1 fully saturated rings. The fraction of sp³-hybridized carbons (Fsp3) is 0.412. The van der Waals surface area contributed by atoms with Crippen LogP contribution in [-0.4, -0.2) is 23.1 Å². The minimum absolute atomic E-state index is 0.671. The van der Waals surface area contributed by atoms with Gasteiger partial charge in [-0.2, -0.15) is 0 Å². The topological polar surface area (TPSA) is 36.6 Å². The molecule has 2 aromatic rings. The van der Waals surface area contributed by atoms with Gasteiger partial charge >= 0.3 is 0 Å². The van der Waals surface area contributed by atoms with Crippen LogP contribution in [0.3, 0.4) is 0 Å². The summed E-state index contributed by atoms with van der Waals surface area (Å²) in [5.74, 6) is 1.04. The first-order valence-corrected chi connectivity index (χ1v) is 7.21. The molecule has 1 aromatic carbocycles. The van der Waals surface area contributed by atoms with E-state index in [1.165, 1.54) is 5.56 Å². The molecule has 1 saturated heterocycles. The molecule has 1 N–H and O–H groups in total. The number of hydrogen-bond donors (Lipinski definition) is 1. The van der Waals surface area contributed by atoms with Crippen molar-refractivity contribution in [2.24, 2.45) is 0 Å². The summed E-state index contributed by atoms with van der Waals surface area (Å²) in [6.45, 7) is 4.70. The Morgan fingerprint density at radius 3 is 2.45 bits per heavy atom. The monoisotopic (exact) mass is 271 g/mol. The molecule has 0 unspecified atom stereocenters. The van der Waals surface area contributed by atoms with Crippen molar-refractivity contribution in [2.45, 2.75) is 31.9 Å². The molecule has 106 valence electrons. The van der Waals surface area contributed by atoms with Crippen LogP contribution in [0.1, 0.15) is 29.7 Å². The SMILES string of the molecule is Cc1ccoc1CN1CCC(O)(c2ccccc2)CC1. The van der Waals surface area contributed by atoms with Gasteiger partial charge in [0.05, 0.1) is 18.4 Å². The van der Waals surface area contributed by atoms with Crippen molar-refractivity contribution >= 4 is 0 Å². The van der Waals surface area contributed by atoms with E-state index < -0.39 is 5.60 Å². The molecule has 3 rings (SSSR count). The van der Waals surface area contributed by atoms with Crippen molar-refractivity contribution in [3.8, 4) is 0 Å². The third-order valence-corrected chi connectivity index (χ3v) is 4.33. The van der Waals surface area contributed by atoms with E-state index in [0.29, 0.717) is 0 Å². The minimum Gasteiger partial charge on any atom is -0.468 e. The summed E-state index contributed by atoms with van der Waals surface area (Å²) in [7, 11) is 0. The Hall–Kier alpha value is -1.58. The van der Waals surface area contributed by atoms with E-state index in [1.54, 1.807) is 6.26 Å². The second-order valence-corrected chi connectivity index (χ2v) is 5.70. The normalized spacial score (nSPS) is 19.1. The smallest absolute Gasteiger partial charge is 0.120 e. The lowest BCUT2D eigenvalue weighted by molar-refractivity contribution is -0.0289. The highest BCUT2D eigenvalue weighted by atomic mass is 16.3. The molecule has 3 nitrogen and oxygen atoms in total. The van der Waals surface area contributed by atoms with E-state index in [-0.39, 0.29) is 0 Å². The van der Waals surface area contributed by atoms with Crippen LogP contribution < -0.4 is 0 Å². The van der Waals surface area contributed by atoms with Crippen LogP contribution in [0.4, 0.5) is 0 Å². The quantitative estimate of drug-likeness (QED) is 0.932. The van der Waals surface area contributed by atoms with E-state index in [1.807, 2.05) is 36.4 Å².